The highest BCUT2D eigenvalue weighted by Crippen LogP contribution is 2.40. The number of aryl methyl sites for hydroxylation is 1. The molecule has 1 aromatic carbocycles. The van der Waals surface area contributed by atoms with Crippen LogP contribution in [0.1, 0.15) is 11.1 Å². The predicted molar refractivity (Wildman–Crippen MR) is 65.5 cm³/mol. The van der Waals surface area contributed by atoms with Gasteiger partial charge >= 0.3 is 0 Å². The van der Waals surface area contributed by atoms with E-state index in [4.69, 9.17) is 16.3 Å². The molecule has 1 aliphatic heterocycles. The van der Waals surface area contributed by atoms with Crippen LogP contribution in [-0.4, -0.2) is 25.4 Å². The Balaban J connectivity index is 2.48. The molecular weight excluding hydrogens is 226 g/mol. The van der Waals surface area contributed by atoms with Crippen molar-refractivity contribution in [2.75, 3.05) is 25.6 Å². The first-order valence-corrected chi connectivity index (χ1v) is 5.75. The number of benzene rings is 1. The molecule has 16 heavy (non-hydrogen) atoms. The average molecular weight is 242 g/mol. The van der Waals surface area contributed by atoms with Crippen molar-refractivity contribution < 1.29 is 9.84 Å². The van der Waals surface area contributed by atoms with Crippen molar-refractivity contribution in [2.45, 2.75) is 13.3 Å². The molecule has 0 spiro atoms. The third-order valence-electron chi connectivity index (χ3n) is 3.09. The van der Waals surface area contributed by atoms with Crippen LogP contribution in [0.4, 0.5) is 5.69 Å². The van der Waals surface area contributed by atoms with Crippen LogP contribution in [0.15, 0.2) is 6.07 Å². The molecule has 0 saturated heterocycles. The summed E-state index contributed by atoms with van der Waals surface area (Å²) < 4.78 is 5.31. The molecule has 0 radical (unpaired) electrons. The summed E-state index contributed by atoms with van der Waals surface area (Å²) in [5.74, 6) is 0.982. The molecule has 88 valence electrons. The van der Waals surface area contributed by atoms with Gasteiger partial charge in [0, 0.05) is 19.1 Å². The lowest BCUT2D eigenvalue weighted by Crippen LogP contribution is -2.26. The maximum absolute atomic E-state index is 9.19. The van der Waals surface area contributed by atoms with E-state index in [1.165, 1.54) is 5.56 Å². The van der Waals surface area contributed by atoms with Gasteiger partial charge in [-0.1, -0.05) is 11.6 Å². The summed E-state index contributed by atoms with van der Waals surface area (Å²) in [6.07, 6.45) is 0.873. The highest BCUT2D eigenvalue weighted by Gasteiger charge is 2.23. The summed E-state index contributed by atoms with van der Waals surface area (Å²) in [4.78, 5) is 0. The zero-order valence-corrected chi connectivity index (χ0v) is 10.3. The summed E-state index contributed by atoms with van der Waals surface area (Å²) >= 11 is 6.12. The van der Waals surface area contributed by atoms with Crippen LogP contribution in [0, 0.1) is 12.8 Å². The quantitative estimate of drug-likeness (QED) is 0.835. The van der Waals surface area contributed by atoms with Crippen LogP contribution in [0.25, 0.3) is 0 Å². The predicted octanol–water partition coefficient (Wildman–Crippen LogP) is 2.23. The minimum Gasteiger partial charge on any atom is -0.493 e. The number of halogens is 1. The van der Waals surface area contributed by atoms with Gasteiger partial charge in [0.2, 0.25) is 0 Å². The number of rotatable bonds is 2. The van der Waals surface area contributed by atoms with Crippen LogP contribution in [-0.2, 0) is 6.42 Å². The van der Waals surface area contributed by atoms with Crippen LogP contribution < -0.4 is 10.1 Å². The van der Waals surface area contributed by atoms with E-state index in [1.807, 2.05) is 13.0 Å². The van der Waals surface area contributed by atoms with Crippen molar-refractivity contribution in [3.05, 3.63) is 22.2 Å². The van der Waals surface area contributed by atoms with E-state index in [9.17, 15) is 5.11 Å². The van der Waals surface area contributed by atoms with E-state index in [0.717, 1.165) is 24.2 Å². The number of nitrogens with one attached hydrogen (secondary N) is 1. The average Bonchev–Trinajstić information content (AvgIpc) is 2.29. The van der Waals surface area contributed by atoms with E-state index < -0.39 is 0 Å². The molecule has 4 heteroatoms. The molecule has 0 saturated carbocycles. The Labute approximate surface area is 100 Å². The van der Waals surface area contributed by atoms with Gasteiger partial charge in [-0.2, -0.15) is 0 Å². The summed E-state index contributed by atoms with van der Waals surface area (Å²) in [6, 6.07) is 1.92. The van der Waals surface area contributed by atoms with Crippen molar-refractivity contribution in [3.63, 3.8) is 0 Å². The number of ether oxygens (including phenoxy) is 1. The van der Waals surface area contributed by atoms with Gasteiger partial charge in [0.25, 0.3) is 0 Å². The second kappa shape index (κ2) is 4.52. The lowest BCUT2D eigenvalue weighted by Gasteiger charge is -2.28. The van der Waals surface area contributed by atoms with Gasteiger partial charge in [-0.3, -0.25) is 0 Å². The molecule has 0 amide bonds. The number of hydrogen-bond donors (Lipinski definition) is 2. The SMILES string of the molecule is COc1c(Cl)cc(C)c2c1NCC(CO)C2. The van der Waals surface area contributed by atoms with Gasteiger partial charge < -0.3 is 15.2 Å². The highest BCUT2D eigenvalue weighted by molar-refractivity contribution is 6.32. The van der Waals surface area contributed by atoms with Crippen molar-refractivity contribution in [1.29, 1.82) is 0 Å². The van der Waals surface area contributed by atoms with Crippen molar-refractivity contribution in [2.24, 2.45) is 5.92 Å². The first-order valence-electron chi connectivity index (χ1n) is 5.38. The Morgan fingerprint density at radius 2 is 2.38 bits per heavy atom. The molecule has 2 rings (SSSR count). The van der Waals surface area contributed by atoms with Crippen molar-refractivity contribution >= 4 is 17.3 Å². The molecule has 0 fully saturated rings. The topological polar surface area (TPSA) is 41.5 Å². The lowest BCUT2D eigenvalue weighted by atomic mass is 9.91. The van der Waals surface area contributed by atoms with Crippen molar-refractivity contribution in [3.8, 4) is 5.75 Å². The Kier molecular flexibility index (Phi) is 3.26. The molecular formula is C12H16ClNO2. The Morgan fingerprint density at radius 3 is 3.00 bits per heavy atom. The third kappa shape index (κ3) is 1.85. The standard InChI is InChI=1S/C12H16ClNO2/c1-7-3-10(13)12(16-2)11-9(7)4-8(6-15)5-14-11/h3,8,14-15H,4-6H2,1-2H3. The highest BCUT2D eigenvalue weighted by atomic mass is 35.5. The Morgan fingerprint density at radius 1 is 1.62 bits per heavy atom. The molecule has 1 atom stereocenters. The molecule has 1 aromatic rings. The zero-order chi connectivity index (χ0) is 11.7. The summed E-state index contributed by atoms with van der Waals surface area (Å²) in [7, 11) is 1.62. The minimum absolute atomic E-state index is 0.205. The van der Waals surface area contributed by atoms with Gasteiger partial charge in [0.05, 0.1) is 17.8 Å². The largest absolute Gasteiger partial charge is 0.493 e. The fourth-order valence-corrected chi connectivity index (χ4v) is 2.52. The third-order valence-corrected chi connectivity index (χ3v) is 3.37. The number of hydrogen-bond acceptors (Lipinski definition) is 3. The Hall–Kier alpha value is -0.930. The second-order valence-electron chi connectivity index (χ2n) is 4.20. The molecule has 2 N–H and O–H groups in total. The van der Waals surface area contributed by atoms with E-state index in [-0.39, 0.29) is 12.5 Å². The molecule has 0 aliphatic carbocycles. The van der Waals surface area contributed by atoms with Gasteiger partial charge in [-0.05, 0) is 30.5 Å². The lowest BCUT2D eigenvalue weighted by molar-refractivity contribution is 0.230. The van der Waals surface area contributed by atoms with E-state index in [0.29, 0.717) is 10.8 Å². The monoisotopic (exact) mass is 241 g/mol. The normalized spacial score (nSPS) is 18.9. The fourth-order valence-electron chi connectivity index (χ4n) is 2.18. The number of aliphatic hydroxyl groups excluding tert-OH is 1. The minimum atomic E-state index is 0.205. The number of methoxy groups -OCH3 is 1. The fraction of sp³-hybridized carbons (Fsp3) is 0.500. The number of fused-ring (bicyclic) bond motifs is 1. The molecule has 1 unspecified atom stereocenters. The molecule has 0 aromatic heterocycles. The van der Waals surface area contributed by atoms with Gasteiger partial charge in [-0.15, -0.1) is 0 Å². The van der Waals surface area contributed by atoms with Gasteiger partial charge in [-0.25, -0.2) is 0 Å². The van der Waals surface area contributed by atoms with E-state index >= 15 is 0 Å². The van der Waals surface area contributed by atoms with Crippen LogP contribution in [0.3, 0.4) is 0 Å². The molecule has 1 aliphatic rings. The van der Waals surface area contributed by atoms with Crippen LogP contribution in [0.5, 0.6) is 5.75 Å². The summed E-state index contributed by atoms with van der Waals surface area (Å²) in [6.45, 7) is 3.00. The van der Waals surface area contributed by atoms with E-state index in [2.05, 4.69) is 5.32 Å². The van der Waals surface area contributed by atoms with Crippen molar-refractivity contribution in [1.82, 2.24) is 0 Å². The summed E-state index contributed by atoms with van der Waals surface area (Å²) in [5.41, 5.74) is 3.33. The first kappa shape index (κ1) is 11.6. The maximum atomic E-state index is 9.19. The van der Waals surface area contributed by atoms with Gasteiger partial charge in [0.1, 0.15) is 0 Å². The molecule has 3 nitrogen and oxygen atoms in total. The van der Waals surface area contributed by atoms with Crippen LogP contribution in [0.2, 0.25) is 5.02 Å². The summed E-state index contributed by atoms with van der Waals surface area (Å²) in [5, 5.41) is 13.1. The zero-order valence-electron chi connectivity index (χ0n) is 9.51. The number of anilines is 1. The first-order chi connectivity index (χ1) is 7.67. The van der Waals surface area contributed by atoms with Crippen LogP contribution >= 0.6 is 11.6 Å². The molecule has 0 bridgehead atoms. The Bertz CT molecular complexity index is 406. The van der Waals surface area contributed by atoms with E-state index in [1.54, 1.807) is 7.11 Å². The van der Waals surface area contributed by atoms with Gasteiger partial charge in [0.15, 0.2) is 5.75 Å². The number of aliphatic hydroxyl groups is 1. The molecule has 1 heterocycles. The maximum Gasteiger partial charge on any atom is 0.160 e. The second-order valence-corrected chi connectivity index (χ2v) is 4.60. The smallest absolute Gasteiger partial charge is 0.160 e.